The Bertz CT molecular complexity index is 992. The van der Waals surface area contributed by atoms with Crippen molar-refractivity contribution in [3.8, 4) is 17.2 Å². The zero-order valence-corrected chi connectivity index (χ0v) is 19.1. The summed E-state index contributed by atoms with van der Waals surface area (Å²) in [5.41, 5.74) is 5.81. The summed E-state index contributed by atoms with van der Waals surface area (Å²) in [5.74, 6) is -0.00748. The van der Waals surface area contributed by atoms with Gasteiger partial charge in [-0.2, -0.15) is 0 Å². The molecule has 2 aromatic rings. The molecule has 3 rings (SSSR count). The molecule has 0 aliphatic carbocycles. The van der Waals surface area contributed by atoms with Crippen LogP contribution in [0.15, 0.2) is 42.5 Å². The van der Waals surface area contributed by atoms with Gasteiger partial charge in [0, 0.05) is 24.2 Å². The van der Waals surface area contributed by atoms with Gasteiger partial charge < -0.3 is 19.1 Å². The van der Waals surface area contributed by atoms with Gasteiger partial charge in [0.1, 0.15) is 5.75 Å². The van der Waals surface area contributed by atoms with Crippen LogP contribution in [0.2, 0.25) is 0 Å². The van der Waals surface area contributed by atoms with E-state index >= 15 is 0 Å². The number of methoxy groups -OCH3 is 2. The number of hydrogen-bond acceptors (Lipinski definition) is 6. The third-order valence-corrected chi connectivity index (χ3v) is 5.36. The van der Waals surface area contributed by atoms with E-state index in [-0.39, 0.29) is 18.9 Å². The summed E-state index contributed by atoms with van der Waals surface area (Å²) >= 11 is 0. The second-order valence-electron chi connectivity index (χ2n) is 7.61. The van der Waals surface area contributed by atoms with Crippen LogP contribution in [0.5, 0.6) is 17.2 Å². The molecule has 0 bridgehead atoms. The molecule has 1 fully saturated rings. The number of ether oxygens (including phenoxy) is 3. The van der Waals surface area contributed by atoms with Gasteiger partial charge in [0.25, 0.3) is 5.91 Å². The van der Waals surface area contributed by atoms with E-state index in [9.17, 15) is 14.4 Å². The maximum atomic E-state index is 12.6. The van der Waals surface area contributed by atoms with Crippen molar-refractivity contribution in [1.29, 1.82) is 0 Å². The van der Waals surface area contributed by atoms with Crippen molar-refractivity contribution >= 4 is 23.4 Å². The smallest absolute Gasteiger partial charge is 0.269 e. The Kier molecular flexibility index (Phi) is 8.12. The quantitative estimate of drug-likeness (QED) is 0.445. The fourth-order valence-electron chi connectivity index (χ4n) is 3.44. The second kappa shape index (κ2) is 11.2. The fourth-order valence-corrected chi connectivity index (χ4v) is 3.44. The number of hydrazine groups is 1. The number of amides is 3. The molecule has 3 amide bonds. The van der Waals surface area contributed by atoms with Crippen molar-refractivity contribution < 1.29 is 28.6 Å². The van der Waals surface area contributed by atoms with E-state index < -0.39 is 17.7 Å². The molecule has 33 heavy (non-hydrogen) atoms. The number of benzene rings is 2. The summed E-state index contributed by atoms with van der Waals surface area (Å²) in [4.78, 5) is 39.0. The van der Waals surface area contributed by atoms with E-state index in [1.807, 2.05) is 0 Å². The van der Waals surface area contributed by atoms with Crippen molar-refractivity contribution in [2.45, 2.75) is 26.2 Å². The molecular formula is C24H29N3O6. The summed E-state index contributed by atoms with van der Waals surface area (Å²) in [6.45, 7) is 2.85. The molecule has 0 spiro atoms. The van der Waals surface area contributed by atoms with Crippen LogP contribution in [0.3, 0.4) is 0 Å². The van der Waals surface area contributed by atoms with Crippen molar-refractivity contribution in [2.75, 3.05) is 32.3 Å². The van der Waals surface area contributed by atoms with E-state index in [1.54, 1.807) is 54.5 Å². The van der Waals surface area contributed by atoms with Gasteiger partial charge in [-0.05, 0) is 48.9 Å². The Balaban J connectivity index is 1.55. The van der Waals surface area contributed by atoms with Gasteiger partial charge in [0.05, 0.1) is 26.7 Å². The predicted molar refractivity (Wildman–Crippen MR) is 122 cm³/mol. The lowest BCUT2D eigenvalue weighted by Crippen LogP contribution is -2.45. The lowest BCUT2D eigenvalue weighted by atomic mass is 10.1. The molecular weight excluding hydrogens is 426 g/mol. The number of nitrogens with zero attached hydrogens (tertiary/aromatic N) is 1. The molecule has 0 radical (unpaired) electrons. The highest BCUT2D eigenvalue weighted by Crippen LogP contribution is 2.29. The van der Waals surface area contributed by atoms with Gasteiger partial charge in [-0.1, -0.05) is 13.3 Å². The third-order valence-electron chi connectivity index (χ3n) is 5.36. The van der Waals surface area contributed by atoms with Gasteiger partial charge >= 0.3 is 0 Å². The van der Waals surface area contributed by atoms with Gasteiger partial charge in [-0.3, -0.25) is 25.2 Å². The monoisotopic (exact) mass is 455 g/mol. The van der Waals surface area contributed by atoms with Crippen LogP contribution >= 0.6 is 0 Å². The average Bonchev–Trinajstić information content (AvgIpc) is 3.24. The predicted octanol–water partition coefficient (Wildman–Crippen LogP) is 2.70. The Hall–Kier alpha value is -3.75. The largest absolute Gasteiger partial charge is 0.497 e. The first-order valence-electron chi connectivity index (χ1n) is 10.8. The molecule has 9 nitrogen and oxygen atoms in total. The van der Waals surface area contributed by atoms with Crippen molar-refractivity contribution in [1.82, 2.24) is 10.9 Å². The van der Waals surface area contributed by atoms with Crippen LogP contribution in [0, 0.1) is 5.92 Å². The van der Waals surface area contributed by atoms with Crippen LogP contribution in [0.1, 0.15) is 36.5 Å². The molecule has 1 aliphatic rings. The molecule has 1 aliphatic heterocycles. The molecule has 2 aromatic carbocycles. The molecule has 1 unspecified atom stereocenters. The molecule has 1 heterocycles. The molecule has 1 saturated heterocycles. The first-order valence-corrected chi connectivity index (χ1v) is 10.8. The topological polar surface area (TPSA) is 106 Å². The van der Waals surface area contributed by atoms with E-state index in [4.69, 9.17) is 14.2 Å². The minimum Gasteiger partial charge on any atom is -0.497 e. The summed E-state index contributed by atoms with van der Waals surface area (Å²) in [6.07, 6.45) is 1.98. The van der Waals surface area contributed by atoms with Crippen molar-refractivity contribution in [3.05, 3.63) is 48.0 Å². The van der Waals surface area contributed by atoms with Crippen LogP contribution < -0.4 is 30.0 Å². The number of carbonyl (C=O) groups excluding carboxylic acids is 3. The number of hydrogen-bond donors (Lipinski definition) is 2. The zero-order valence-electron chi connectivity index (χ0n) is 19.1. The van der Waals surface area contributed by atoms with Gasteiger partial charge in [0.2, 0.25) is 11.8 Å². The molecule has 176 valence electrons. The third kappa shape index (κ3) is 5.94. The molecule has 9 heteroatoms. The van der Waals surface area contributed by atoms with E-state index in [0.29, 0.717) is 35.1 Å². The van der Waals surface area contributed by atoms with Crippen LogP contribution in [0.25, 0.3) is 0 Å². The van der Waals surface area contributed by atoms with Gasteiger partial charge in [-0.25, -0.2) is 0 Å². The average molecular weight is 456 g/mol. The normalized spacial score (nSPS) is 15.2. The lowest BCUT2D eigenvalue weighted by molar-refractivity contribution is -0.126. The zero-order chi connectivity index (χ0) is 23.8. The van der Waals surface area contributed by atoms with Crippen LogP contribution in [0.4, 0.5) is 5.69 Å². The number of unbranched alkanes of at least 4 members (excludes halogenated alkanes) is 1. The van der Waals surface area contributed by atoms with Crippen LogP contribution in [-0.2, 0) is 9.59 Å². The maximum absolute atomic E-state index is 12.6. The SMILES string of the molecule is CCCCOc1ccc(C(=O)NNC(=O)C2CC(=O)N(c3ccc(OC)cc3)C2)cc1OC. The molecule has 1 atom stereocenters. The Morgan fingerprint density at radius 3 is 2.45 bits per heavy atom. The Labute approximate surface area is 193 Å². The first-order chi connectivity index (χ1) is 16.0. The maximum Gasteiger partial charge on any atom is 0.269 e. The van der Waals surface area contributed by atoms with E-state index in [1.165, 1.54) is 7.11 Å². The van der Waals surface area contributed by atoms with Gasteiger partial charge in [-0.15, -0.1) is 0 Å². The minimum absolute atomic E-state index is 0.0609. The fraction of sp³-hybridized carbons (Fsp3) is 0.375. The van der Waals surface area contributed by atoms with E-state index in [0.717, 1.165) is 12.8 Å². The number of nitrogens with one attached hydrogen (secondary N) is 2. The standard InChI is InChI=1S/C24H29N3O6/c1-4-5-12-33-20-11-6-16(13-21(20)32-3)23(29)25-26-24(30)17-14-22(28)27(15-17)18-7-9-19(31-2)10-8-18/h6-11,13,17H,4-5,12,14-15H2,1-3H3,(H,25,29)(H,26,30). The van der Waals surface area contributed by atoms with Crippen molar-refractivity contribution in [2.24, 2.45) is 5.92 Å². The highest BCUT2D eigenvalue weighted by atomic mass is 16.5. The molecule has 0 saturated carbocycles. The van der Waals surface area contributed by atoms with E-state index in [2.05, 4.69) is 17.8 Å². The highest BCUT2D eigenvalue weighted by Gasteiger charge is 2.35. The summed E-state index contributed by atoms with van der Waals surface area (Å²) in [5, 5.41) is 0. The Morgan fingerprint density at radius 1 is 1.03 bits per heavy atom. The summed E-state index contributed by atoms with van der Waals surface area (Å²) < 4.78 is 16.1. The summed E-state index contributed by atoms with van der Waals surface area (Å²) in [6, 6.07) is 11.8. The Morgan fingerprint density at radius 2 is 1.79 bits per heavy atom. The van der Waals surface area contributed by atoms with Gasteiger partial charge in [0.15, 0.2) is 11.5 Å². The van der Waals surface area contributed by atoms with Crippen LogP contribution in [-0.4, -0.2) is 45.1 Å². The molecule has 2 N–H and O–H groups in total. The molecule has 0 aromatic heterocycles. The summed E-state index contributed by atoms with van der Waals surface area (Å²) in [7, 11) is 3.06. The second-order valence-corrected chi connectivity index (χ2v) is 7.61. The highest BCUT2D eigenvalue weighted by molar-refractivity contribution is 6.01. The number of carbonyl (C=O) groups is 3. The lowest BCUT2D eigenvalue weighted by Gasteiger charge is -2.17. The number of anilines is 1. The van der Waals surface area contributed by atoms with Crippen molar-refractivity contribution in [3.63, 3.8) is 0 Å². The number of rotatable bonds is 9. The minimum atomic E-state index is -0.580. The first kappa shape index (κ1) is 23.9.